The highest BCUT2D eigenvalue weighted by Gasteiger charge is 2.09. The van der Waals surface area contributed by atoms with Gasteiger partial charge >= 0.3 is 5.69 Å². The third-order valence-corrected chi connectivity index (χ3v) is 1.93. The van der Waals surface area contributed by atoms with E-state index in [1.54, 1.807) is 6.07 Å². The van der Waals surface area contributed by atoms with Crippen LogP contribution in [-0.2, 0) is 13.6 Å². The maximum atomic E-state index is 11.5. The maximum Gasteiger partial charge on any atom is 0.330 e. The quantitative estimate of drug-likeness (QED) is 0.662. The molecule has 15 heavy (non-hydrogen) atoms. The van der Waals surface area contributed by atoms with Crippen LogP contribution in [0.5, 0.6) is 0 Å². The van der Waals surface area contributed by atoms with E-state index in [0.717, 1.165) is 15.3 Å². The zero-order valence-electron chi connectivity index (χ0n) is 8.47. The lowest BCUT2D eigenvalue weighted by atomic mass is 10.3. The summed E-state index contributed by atoms with van der Waals surface area (Å²) in [4.78, 5) is 22.8. The van der Waals surface area contributed by atoms with Gasteiger partial charge in [0.25, 0.3) is 5.56 Å². The second-order valence-electron chi connectivity index (χ2n) is 3.30. The van der Waals surface area contributed by atoms with Gasteiger partial charge in [-0.1, -0.05) is 0 Å². The van der Waals surface area contributed by atoms with E-state index < -0.39 is 17.4 Å². The zero-order valence-corrected chi connectivity index (χ0v) is 8.47. The Morgan fingerprint density at radius 1 is 1.60 bits per heavy atom. The lowest BCUT2D eigenvalue weighted by molar-refractivity contribution is 0.170. The minimum Gasteiger partial charge on any atom is -0.392 e. The van der Waals surface area contributed by atoms with Gasteiger partial charge in [-0.3, -0.25) is 13.9 Å². The SMILES string of the molecule is C[C@@H](O)Cn1cc(C#N)c(=O)n(C)c1=O. The molecule has 6 heteroatoms. The van der Waals surface area contributed by atoms with Gasteiger partial charge in [0, 0.05) is 13.2 Å². The molecule has 1 aromatic heterocycles. The smallest absolute Gasteiger partial charge is 0.330 e. The predicted octanol–water partition coefficient (Wildman–Crippen LogP) is -1.20. The number of aromatic nitrogens is 2. The average molecular weight is 209 g/mol. The molecule has 0 fully saturated rings. The zero-order chi connectivity index (χ0) is 11.6. The Labute approximate surface area is 85.6 Å². The standard InChI is InChI=1S/C9H11N3O3/c1-6(13)4-12-5-7(3-10)8(14)11(2)9(12)15/h5-6,13H,4H2,1-2H3/t6-/m1/s1. The Hall–Kier alpha value is -1.87. The van der Waals surface area contributed by atoms with Crippen molar-refractivity contribution in [1.82, 2.24) is 9.13 Å². The predicted molar refractivity (Wildman–Crippen MR) is 52.3 cm³/mol. The number of aliphatic hydroxyl groups excluding tert-OH is 1. The summed E-state index contributed by atoms with van der Waals surface area (Å²) in [6.45, 7) is 1.57. The van der Waals surface area contributed by atoms with Gasteiger partial charge in [-0.05, 0) is 6.92 Å². The van der Waals surface area contributed by atoms with Crippen molar-refractivity contribution in [3.8, 4) is 6.07 Å². The highest BCUT2D eigenvalue weighted by Crippen LogP contribution is 1.89. The summed E-state index contributed by atoms with van der Waals surface area (Å²) < 4.78 is 1.99. The summed E-state index contributed by atoms with van der Waals surface area (Å²) in [5, 5.41) is 17.8. The molecule has 0 bridgehead atoms. The van der Waals surface area contributed by atoms with Crippen LogP contribution in [0.1, 0.15) is 12.5 Å². The van der Waals surface area contributed by atoms with E-state index in [9.17, 15) is 9.59 Å². The molecule has 1 atom stereocenters. The molecule has 0 aliphatic carbocycles. The molecule has 0 aliphatic rings. The Morgan fingerprint density at radius 2 is 2.20 bits per heavy atom. The van der Waals surface area contributed by atoms with Crippen LogP contribution < -0.4 is 11.2 Å². The molecule has 0 radical (unpaired) electrons. The molecular weight excluding hydrogens is 198 g/mol. The lowest BCUT2D eigenvalue weighted by Gasteiger charge is -2.09. The van der Waals surface area contributed by atoms with Crippen LogP contribution in [0.3, 0.4) is 0 Å². The van der Waals surface area contributed by atoms with Crippen LogP contribution in [0, 0.1) is 11.3 Å². The van der Waals surface area contributed by atoms with E-state index >= 15 is 0 Å². The fraction of sp³-hybridized carbons (Fsp3) is 0.444. The normalized spacial score (nSPS) is 12.1. The second-order valence-corrected chi connectivity index (χ2v) is 3.30. The maximum absolute atomic E-state index is 11.5. The van der Waals surface area contributed by atoms with Crippen molar-refractivity contribution in [2.75, 3.05) is 0 Å². The first-order chi connectivity index (χ1) is 6.97. The van der Waals surface area contributed by atoms with Crippen LogP contribution in [0.4, 0.5) is 0 Å². The number of aliphatic hydroxyl groups is 1. The van der Waals surface area contributed by atoms with E-state index in [1.165, 1.54) is 14.0 Å². The number of hydrogen-bond acceptors (Lipinski definition) is 4. The highest BCUT2D eigenvalue weighted by atomic mass is 16.3. The summed E-state index contributed by atoms with van der Waals surface area (Å²) >= 11 is 0. The molecule has 0 spiro atoms. The van der Waals surface area contributed by atoms with Crippen LogP contribution in [0.25, 0.3) is 0 Å². The van der Waals surface area contributed by atoms with Crippen molar-refractivity contribution < 1.29 is 5.11 Å². The van der Waals surface area contributed by atoms with Gasteiger partial charge < -0.3 is 5.11 Å². The number of hydrogen-bond donors (Lipinski definition) is 1. The van der Waals surface area contributed by atoms with Crippen LogP contribution in [0.2, 0.25) is 0 Å². The van der Waals surface area contributed by atoms with Gasteiger partial charge in [-0.2, -0.15) is 5.26 Å². The Balaban J connectivity index is 3.44. The summed E-state index contributed by atoms with van der Waals surface area (Å²) in [5.74, 6) is 0. The molecule has 6 nitrogen and oxygen atoms in total. The average Bonchev–Trinajstić information content (AvgIpc) is 2.18. The number of nitriles is 1. The monoisotopic (exact) mass is 209 g/mol. The molecule has 1 heterocycles. The van der Waals surface area contributed by atoms with E-state index in [1.807, 2.05) is 0 Å². The topological polar surface area (TPSA) is 88.0 Å². The molecule has 0 unspecified atom stereocenters. The molecule has 1 rings (SSSR count). The van der Waals surface area contributed by atoms with Crippen molar-refractivity contribution in [2.24, 2.45) is 7.05 Å². The van der Waals surface area contributed by atoms with E-state index in [-0.39, 0.29) is 12.1 Å². The van der Waals surface area contributed by atoms with Gasteiger partial charge in [-0.15, -0.1) is 0 Å². The summed E-state index contributed by atoms with van der Waals surface area (Å²) in [7, 11) is 1.30. The third kappa shape index (κ3) is 2.14. The van der Waals surface area contributed by atoms with Gasteiger partial charge in [0.15, 0.2) is 0 Å². The van der Waals surface area contributed by atoms with Gasteiger partial charge in [-0.25, -0.2) is 4.79 Å². The van der Waals surface area contributed by atoms with Crippen LogP contribution in [-0.4, -0.2) is 20.3 Å². The molecule has 0 amide bonds. The molecule has 1 aromatic rings. The Morgan fingerprint density at radius 3 is 2.67 bits per heavy atom. The third-order valence-electron chi connectivity index (χ3n) is 1.93. The first-order valence-electron chi connectivity index (χ1n) is 4.36. The molecule has 0 aromatic carbocycles. The number of nitrogens with zero attached hydrogens (tertiary/aromatic N) is 3. The lowest BCUT2D eigenvalue weighted by Crippen LogP contribution is -2.40. The molecule has 80 valence electrons. The Kier molecular flexibility index (Phi) is 3.07. The first kappa shape index (κ1) is 11.2. The fourth-order valence-corrected chi connectivity index (χ4v) is 1.22. The van der Waals surface area contributed by atoms with Crippen molar-refractivity contribution in [1.29, 1.82) is 5.26 Å². The molecule has 0 saturated carbocycles. The minimum atomic E-state index is -0.716. The van der Waals surface area contributed by atoms with Crippen LogP contribution in [0.15, 0.2) is 15.8 Å². The Bertz CT molecular complexity index is 519. The van der Waals surface area contributed by atoms with Crippen molar-refractivity contribution in [3.63, 3.8) is 0 Å². The molecule has 0 aliphatic heterocycles. The summed E-state index contributed by atoms with van der Waals surface area (Å²) in [6.07, 6.45) is 0.448. The minimum absolute atomic E-state index is 0.0572. The van der Waals surface area contributed by atoms with E-state index in [4.69, 9.17) is 10.4 Å². The van der Waals surface area contributed by atoms with Crippen molar-refractivity contribution in [2.45, 2.75) is 19.6 Å². The molecular formula is C9H11N3O3. The van der Waals surface area contributed by atoms with Gasteiger partial charge in [0.05, 0.1) is 12.6 Å². The van der Waals surface area contributed by atoms with E-state index in [0.29, 0.717) is 0 Å². The highest BCUT2D eigenvalue weighted by molar-refractivity contribution is 5.22. The van der Waals surface area contributed by atoms with Crippen LogP contribution >= 0.6 is 0 Å². The van der Waals surface area contributed by atoms with Gasteiger partial charge in [0.1, 0.15) is 11.6 Å². The number of rotatable bonds is 2. The van der Waals surface area contributed by atoms with Crippen molar-refractivity contribution in [3.05, 3.63) is 32.6 Å². The first-order valence-corrected chi connectivity index (χ1v) is 4.36. The van der Waals surface area contributed by atoms with Crippen molar-refractivity contribution >= 4 is 0 Å². The largest absolute Gasteiger partial charge is 0.392 e. The molecule has 1 N–H and O–H groups in total. The van der Waals surface area contributed by atoms with Gasteiger partial charge in [0.2, 0.25) is 0 Å². The van der Waals surface area contributed by atoms with E-state index in [2.05, 4.69) is 0 Å². The summed E-state index contributed by atoms with van der Waals surface area (Å²) in [6, 6.07) is 1.70. The fourth-order valence-electron chi connectivity index (χ4n) is 1.22. The molecule has 0 saturated heterocycles. The second kappa shape index (κ2) is 4.11. The summed E-state index contributed by atoms with van der Waals surface area (Å²) in [5.41, 5.74) is -1.28.